The number of aromatic nitrogens is 2. The molecule has 1 aliphatic carbocycles. The average Bonchev–Trinajstić information content (AvgIpc) is 3.06. The molecule has 7 nitrogen and oxygen atoms in total. The Kier molecular flexibility index (Phi) is 8.01. The van der Waals surface area contributed by atoms with Crippen molar-refractivity contribution in [2.75, 3.05) is 24.3 Å². The summed E-state index contributed by atoms with van der Waals surface area (Å²) in [4.78, 5) is 30.9. The number of hydrogen-bond donors (Lipinski definition) is 1. The number of amides is 2. The van der Waals surface area contributed by atoms with E-state index >= 15 is 0 Å². The van der Waals surface area contributed by atoms with Crippen LogP contribution in [0.4, 0.5) is 5.69 Å². The molecule has 1 aromatic heterocycles. The van der Waals surface area contributed by atoms with Gasteiger partial charge >= 0.3 is 0 Å². The highest BCUT2D eigenvalue weighted by atomic mass is 32.2. The van der Waals surface area contributed by atoms with Crippen LogP contribution in [0.15, 0.2) is 29.4 Å². The molecule has 2 N–H and O–H groups in total. The van der Waals surface area contributed by atoms with E-state index in [4.69, 9.17) is 15.5 Å². The summed E-state index contributed by atoms with van der Waals surface area (Å²) in [7, 11) is 1.60. The van der Waals surface area contributed by atoms with Gasteiger partial charge in [0.25, 0.3) is 0 Å². The van der Waals surface area contributed by atoms with Crippen LogP contribution >= 0.6 is 11.8 Å². The van der Waals surface area contributed by atoms with Crippen LogP contribution in [0, 0.1) is 13.8 Å². The molecule has 0 radical (unpaired) electrons. The lowest BCUT2D eigenvalue weighted by Gasteiger charge is -2.26. The van der Waals surface area contributed by atoms with Gasteiger partial charge in [-0.15, -0.1) is 0 Å². The molecule has 0 bridgehead atoms. The molecule has 0 atom stereocenters. The molecule has 0 spiro atoms. The smallest absolute Gasteiger partial charge is 0.237 e. The Morgan fingerprint density at radius 1 is 1.19 bits per heavy atom. The highest BCUT2D eigenvalue weighted by molar-refractivity contribution is 7.99. The van der Waals surface area contributed by atoms with Crippen LogP contribution in [0.5, 0.6) is 5.75 Å². The molecule has 8 heteroatoms. The maximum atomic E-state index is 13.1. The van der Waals surface area contributed by atoms with Gasteiger partial charge in [0.15, 0.2) is 5.16 Å². The zero-order valence-electron chi connectivity index (χ0n) is 18.6. The van der Waals surface area contributed by atoms with Crippen molar-refractivity contribution in [1.29, 1.82) is 0 Å². The lowest BCUT2D eigenvalue weighted by atomic mass is 9.95. The zero-order chi connectivity index (χ0) is 22.4. The van der Waals surface area contributed by atoms with Gasteiger partial charge in [0.05, 0.1) is 18.6 Å². The van der Waals surface area contributed by atoms with Crippen LogP contribution in [0.25, 0.3) is 0 Å². The predicted molar refractivity (Wildman–Crippen MR) is 124 cm³/mol. The first-order valence-corrected chi connectivity index (χ1v) is 11.8. The number of ether oxygens (including phenoxy) is 1. The Hall–Kier alpha value is -2.48. The number of carbonyl (C=O) groups is 2. The molecule has 0 aliphatic heterocycles. The minimum atomic E-state index is -0.432. The first-order chi connectivity index (χ1) is 14.9. The highest BCUT2D eigenvalue weighted by Gasteiger charge is 2.24. The molecular weight excluding hydrogens is 412 g/mol. The molecule has 1 saturated carbocycles. The Morgan fingerprint density at radius 2 is 1.87 bits per heavy atom. The van der Waals surface area contributed by atoms with Crippen LogP contribution < -0.4 is 15.4 Å². The Labute approximate surface area is 188 Å². The van der Waals surface area contributed by atoms with Gasteiger partial charge in [0, 0.05) is 30.4 Å². The predicted octanol–water partition coefficient (Wildman–Crippen LogP) is 4.01. The summed E-state index contributed by atoms with van der Waals surface area (Å²) in [5.41, 5.74) is 8.25. The Bertz CT molecular complexity index is 904. The van der Waals surface area contributed by atoms with Crippen LogP contribution in [0.2, 0.25) is 0 Å². The Balaban J connectivity index is 1.75. The van der Waals surface area contributed by atoms with Crippen molar-refractivity contribution in [3.8, 4) is 5.75 Å². The second-order valence-electron chi connectivity index (χ2n) is 7.98. The number of aryl methyl sites for hydroxylation is 1. The molecule has 2 amide bonds. The van der Waals surface area contributed by atoms with E-state index in [1.54, 1.807) is 24.1 Å². The van der Waals surface area contributed by atoms with Crippen molar-refractivity contribution in [3.05, 3.63) is 35.7 Å². The Morgan fingerprint density at radius 3 is 2.48 bits per heavy atom. The standard InChI is InChI=1S/C23H32N4O3S/c1-16-17(2)27(19-7-5-4-6-8-19)23(25-16)31-15-22(29)26(14-13-21(24)28)18-9-11-20(30-3)12-10-18/h9-12,19H,4-8,13-15H2,1-3H3,(H2,24,28). The second-order valence-corrected chi connectivity index (χ2v) is 8.92. The van der Waals surface area contributed by atoms with Crippen molar-refractivity contribution < 1.29 is 14.3 Å². The van der Waals surface area contributed by atoms with Gasteiger partial charge in [-0.3, -0.25) is 9.59 Å². The van der Waals surface area contributed by atoms with E-state index in [2.05, 4.69) is 11.5 Å². The first-order valence-electron chi connectivity index (χ1n) is 10.8. The second kappa shape index (κ2) is 10.7. The minimum Gasteiger partial charge on any atom is -0.497 e. The molecule has 1 heterocycles. The fourth-order valence-corrected chi connectivity index (χ4v) is 5.09. The summed E-state index contributed by atoms with van der Waals surface area (Å²) in [5, 5.41) is 0.903. The fraction of sp³-hybridized carbons (Fsp3) is 0.522. The normalized spacial score (nSPS) is 14.4. The molecule has 168 valence electrons. The zero-order valence-corrected chi connectivity index (χ0v) is 19.4. The van der Waals surface area contributed by atoms with Crippen molar-refractivity contribution in [3.63, 3.8) is 0 Å². The lowest BCUT2D eigenvalue weighted by molar-refractivity contribution is -0.118. The molecule has 0 saturated heterocycles. The number of rotatable bonds is 9. The van der Waals surface area contributed by atoms with E-state index < -0.39 is 5.91 Å². The number of carbonyl (C=O) groups excluding carboxylic acids is 2. The number of thioether (sulfide) groups is 1. The quantitative estimate of drug-likeness (QED) is 0.590. The summed E-state index contributed by atoms with van der Waals surface area (Å²) >= 11 is 1.47. The lowest BCUT2D eigenvalue weighted by Crippen LogP contribution is -2.35. The minimum absolute atomic E-state index is 0.0788. The van der Waals surface area contributed by atoms with Gasteiger partial charge in [0.2, 0.25) is 11.8 Å². The summed E-state index contributed by atoms with van der Waals surface area (Å²) in [6.45, 7) is 4.38. The van der Waals surface area contributed by atoms with Crippen molar-refractivity contribution in [2.45, 2.75) is 63.6 Å². The number of anilines is 1. The maximum Gasteiger partial charge on any atom is 0.237 e. The number of nitrogens with zero attached hydrogens (tertiary/aromatic N) is 3. The van der Waals surface area contributed by atoms with E-state index in [9.17, 15) is 9.59 Å². The van der Waals surface area contributed by atoms with Gasteiger partial charge < -0.3 is 19.9 Å². The van der Waals surface area contributed by atoms with E-state index in [1.807, 2.05) is 19.1 Å². The van der Waals surface area contributed by atoms with E-state index in [0.29, 0.717) is 11.8 Å². The number of nitrogens with two attached hydrogens (primary N) is 1. The van der Waals surface area contributed by atoms with Crippen LogP contribution in [-0.4, -0.2) is 40.8 Å². The van der Waals surface area contributed by atoms with Gasteiger partial charge in [-0.2, -0.15) is 0 Å². The van der Waals surface area contributed by atoms with Crippen LogP contribution in [0.1, 0.15) is 56.0 Å². The molecule has 1 aliphatic rings. The summed E-state index contributed by atoms with van der Waals surface area (Å²) in [5.74, 6) is 0.441. The third kappa shape index (κ3) is 5.81. The number of methoxy groups -OCH3 is 1. The third-order valence-electron chi connectivity index (χ3n) is 5.89. The van der Waals surface area contributed by atoms with E-state index in [0.717, 1.165) is 29.4 Å². The largest absolute Gasteiger partial charge is 0.497 e. The van der Waals surface area contributed by atoms with Crippen molar-refractivity contribution >= 4 is 29.3 Å². The van der Waals surface area contributed by atoms with Crippen LogP contribution in [0.3, 0.4) is 0 Å². The third-order valence-corrected chi connectivity index (χ3v) is 6.82. The van der Waals surface area contributed by atoms with Gasteiger partial charge in [-0.1, -0.05) is 31.0 Å². The summed E-state index contributed by atoms with van der Waals surface area (Å²) < 4.78 is 7.53. The molecule has 1 aromatic carbocycles. The summed E-state index contributed by atoms with van der Waals surface area (Å²) in [6.07, 6.45) is 6.20. The number of hydrogen-bond acceptors (Lipinski definition) is 5. The SMILES string of the molecule is COc1ccc(N(CCC(N)=O)C(=O)CSc2nc(C)c(C)n2C2CCCCC2)cc1. The number of primary amides is 1. The maximum absolute atomic E-state index is 13.1. The van der Waals surface area contributed by atoms with E-state index in [-0.39, 0.29) is 24.6 Å². The van der Waals surface area contributed by atoms with Gasteiger partial charge in [-0.05, 0) is 51.0 Å². The van der Waals surface area contributed by atoms with Crippen molar-refractivity contribution in [2.24, 2.45) is 5.73 Å². The van der Waals surface area contributed by atoms with Gasteiger partial charge in [0.1, 0.15) is 5.75 Å². The molecular formula is C23H32N4O3S. The molecule has 0 unspecified atom stereocenters. The number of imidazole rings is 1. The van der Waals surface area contributed by atoms with E-state index in [1.165, 1.54) is 36.7 Å². The summed E-state index contributed by atoms with van der Waals surface area (Å²) in [6, 6.07) is 7.70. The first kappa shape index (κ1) is 23.2. The highest BCUT2D eigenvalue weighted by Crippen LogP contribution is 2.34. The number of benzene rings is 1. The topological polar surface area (TPSA) is 90.4 Å². The van der Waals surface area contributed by atoms with Crippen LogP contribution in [-0.2, 0) is 9.59 Å². The molecule has 3 rings (SSSR count). The monoisotopic (exact) mass is 444 g/mol. The molecule has 2 aromatic rings. The average molecular weight is 445 g/mol. The molecule has 31 heavy (non-hydrogen) atoms. The fourth-order valence-electron chi connectivity index (χ4n) is 4.05. The molecule has 1 fully saturated rings. The van der Waals surface area contributed by atoms with Crippen molar-refractivity contribution in [1.82, 2.24) is 9.55 Å². The van der Waals surface area contributed by atoms with Gasteiger partial charge in [-0.25, -0.2) is 4.98 Å².